The van der Waals surface area contributed by atoms with Gasteiger partial charge in [-0.2, -0.15) is 4.31 Å². The van der Waals surface area contributed by atoms with Crippen LogP contribution in [0.5, 0.6) is 0 Å². The van der Waals surface area contributed by atoms with E-state index in [9.17, 15) is 8.42 Å². The number of anilines is 1. The first-order valence-electron chi connectivity index (χ1n) is 4.90. The van der Waals surface area contributed by atoms with Gasteiger partial charge in [-0.3, -0.25) is 0 Å². The van der Waals surface area contributed by atoms with Gasteiger partial charge in [0.2, 0.25) is 10.0 Å². The number of hydrogen-bond acceptors (Lipinski definition) is 3. The minimum atomic E-state index is -3.01. The van der Waals surface area contributed by atoms with Gasteiger partial charge in [0, 0.05) is 18.8 Å². The molecule has 1 saturated heterocycles. The molecule has 2 rings (SSSR count). The van der Waals surface area contributed by atoms with E-state index in [4.69, 9.17) is 5.73 Å². The largest absolute Gasteiger partial charge is 0.399 e. The first-order valence-corrected chi connectivity index (χ1v) is 6.51. The Labute approximate surface area is 89.7 Å². The maximum atomic E-state index is 11.5. The number of rotatable bonds is 2. The van der Waals surface area contributed by atoms with Gasteiger partial charge >= 0.3 is 0 Å². The van der Waals surface area contributed by atoms with E-state index in [0.29, 0.717) is 18.8 Å². The van der Waals surface area contributed by atoms with Crippen LogP contribution in [0.25, 0.3) is 0 Å². The molecule has 4 nitrogen and oxygen atoms in total. The fourth-order valence-electron chi connectivity index (χ4n) is 1.76. The highest BCUT2D eigenvalue weighted by molar-refractivity contribution is 7.89. The Bertz CT molecular complexity index is 456. The topological polar surface area (TPSA) is 63.4 Å². The lowest BCUT2D eigenvalue weighted by Crippen LogP contribution is -2.25. The summed E-state index contributed by atoms with van der Waals surface area (Å²) in [7, 11) is -3.01. The molecule has 1 aliphatic heterocycles. The molecule has 0 unspecified atom stereocenters. The predicted molar refractivity (Wildman–Crippen MR) is 59.7 cm³/mol. The van der Waals surface area contributed by atoms with Crippen LogP contribution in [0.3, 0.4) is 0 Å². The zero-order valence-corrected chi connectivity index (χ0v) is 9.20. The Hall–Kier alpha value is -1.07. The Morgan fingerprint density at radius 3 is 2.80 bits per heavy atom. The summed E-state index contributed by atoms with van der Waals surface area (Å²) < 4.78 is 24.6. The fourth-order valence-corrected chi connectivity index (χ4v) is 3.27. The zero-order chi connectivity index (χ0) is 10.9. The first-order chi connectivity index (χ1) is 7.08. The molecule has 1 heterocycles. The standard InChI is InChI=1S/C10H14N2O2S/c11-10-4-1-3-9(7-10)8-12-5-2-6-15(12,13)14/h1,3-4,7H,2,5-6,8,11H2. The molecule has 82 valence electrons. The summed E-state index contributed by atoms with van der Waals surface area (Å²) in [5, 5.41) is 0. The molecule has 0 radical (unpaired) electrons. The van der Waals surface area contributed by atoms with Crippen molar-refractivity contribution in [2.24, 2.45) is 0 Å². The Morgan fingerprint density at radius 1 is 1.40 bits per heavy atom. The second-order valence-corrected chi connectivity index (χ2v) is 5.84. The minimum absolute atomic E-state index is 0.273. The van der Waals surface area contributed by atoms with E-state index >= 15 is 0 Å². The van der Waals surface area contributed by atoms with Crippen molar-refractivity contribution in [1.82, 2.24) is 4.31 Å². The number of benzene rings is 1. The Morgan fingerprint density at radius 2 is 2.20 bits per heavy atom. The number of nitrogens with two attached hydrogens (primary N) is 1. The van der Waals surface area contributed by atoms with Crippen LogP contribution in [-0.2, 0) is 16.6 Å². The maximum absolute atomic E-state index is 11.5. The van der Waals surface area contributed by atoms with Crippen LogP contribution >= 0.6 is 0 Å². The van der Waals surface area contributed by atoms with Crippen LogP contribution in [0.1, 0.15) is 12.0 Å². The van der Waals surface area contributed by atoms with Crippen molar-refractivity contribution in [1.29, 1.82) is 0 Å². The van der Waals surface area contributed by atoms with Gasteiger partial charge in [0.05, 0.1) is 5.75 Å². The molecule has 1 fully saturated rings. The highest BCUT2D eigenvalue weighted by atomic mass is 32.2. The highest BCUT2D eigenvalue weighted by Crippen LogP contribution is 2.18. The smallest absolute Gasteiger partial charge is 0.214 e. The molecule has 0 atom stereocenters. The van der Waals surface area contributed by atoms with E-state index in [1.165, 1.54) is 4.31 Å². The first kappa shape index (κ1) is 10.4. The van der Waals surface area contributed by atoms with E-state index in [0.717, 1.165) is 12.0 Å². The van der Waals surface area contributed by atoms with Crippen molar-refractivity contribution < 1.29 is 8.42 Å². The summed E-state index contributed by atoms with van der Waals surface area (Å²) >= 11 is 0. The quantitative estimate of drug-likeness (QED) is 0.759. The number of sulfonamides is 1. The van der Waals surface area contributed by atoms with Crippen molar-refractivity contribution in [3.05, 3.63) is 29.8 Å². The lowest BCUT2D eigenvalue weighted by atomic mass is 10.2. The van der Waals surface area contributed by atoms with Crippen molar-refractivity contribution in [3.63, 3.8) is 0 Å². The molecule has 15 heavy (non-hydrogen) atoms. The Balaban J connectivity index is 2.16. The van der Waals surface area contributed by atoms with Crippen LogP contribution in [0, 0.1) is 0 Å². The van der Waals surface area contributed by atoms with Crippen LogP contribution in [0.4, 0.5) is 5.69 Å². The van der Waals surface area contributed by atoms with Gasteiger partial charge in [0.1, 0.15) is 0 Å². The molecule has 0 saturated carbocycles. The summed E-state index contributed by atoms with van der Waals surface area (Å²) in [5.74, 6) is 0.273. The average Bonchev–Trinajstić information content (AvgIpc) is 2.46. The van der Waals surface area contributed by atoms with E-state index in [-0.39, 0.29) is 5.75 Å². The minimum Gasteiger partial charge on any atom is -0.399 e. The number of hydrogen-bond donors (Lipinski definition) is 1. The van der Waals surface area contributed by atoms with Gasteiger partial charge in [-0.15, -0.1) is 0 Å². The summed E-state index contributed by atoms with van der Waals surface area (Å²) in [6.45, 7) is 1.06. The van der Waals surface area contributed by atoms with Gasteiger partial charge in [-0.25, -0.2) is 8.42 Å². The monoisotopic (exact) mass is 226 g/mol. The molecule has 0 aromatic heterocycles. The van der Waals surface area contributed by atoms with Gasteiger partial charge in [-0.05, 0) is 24.1 Å². The molecule has 1 aromatic carbocycles. The summed E-state index contributed by atoms with van der Waals surface area (Å²) in [6.07, 6.45) is 0.727. The summed E-state index contributed by atoms with van der Waals surface area (Å²) in [4.78, 5) is 0. The van der Waals surface area contributed by atoms with Crippen LogP contribution in [-0.4, -0.2) is 25.0 Å². The van der Waals surface area contributed by atoms with Crippen molar-refractivity contribution >= 4 is 15.7 Å². The summed E-state index contributed by atoms with van der Waals surface area (Å²) in [5.41, 5.74) is 7.25. The SMILES string of the molecule is Nc1cccc(CN2CCCS2(=O)=O)c1. The molecule has 1 aromatic rings. The second kappa shape index (κ2) is 3.83. The van der Waals surface area contributed by atoms with Crippen molar-refractivity contribution in [3.8, 4) is 0 Å². The molecule has 0 aliphatic carbocycles. The normalized spacial score (nSPS) is 20.5. The molecule has 0 amide bonds. The third kappa shape index (κ3) is 2.30. The van der Waals surface area contributed by atoms with Crippen LogP contribution < -0.4 is 5.73 Å². The molecule has 0 spiro atoms. The molecule has 0 bridgehead atoms. The van der Waals surface area contributed by atoms with E-state index in [1.807, 2.05) is 18.2 Å². The number of nitrogen functional groups attached to an aromatic ring is 1. The van der Waals surface area contributed by atoms with Gasteiger partial charge in [0.15, 0.2) is 0 Å². The van der Waals surface area contributed by atoms with E-state index in [1.54, 1.807) is 6.07 Å². The highest BCUT2D eigenvalue weighted by Gasteiger charge is 2.27. The van der Waals surface area contributed by atoms with Gasteiger partial charge in [0.25, 0.3) is 0 Å². The van der Waals surface area contributed by atoms with Gasteiger partial charge in [-0.1, -0.05) is 12.1 Å². The van der Waals surface area contributed by atoms with Crippen LogP contribution in [0.15, 0.2) is 24.3 Å². The van der Waals surface area contributed by atoms with Crippen LogP contribution in [0.2, 0.25) is 0 Å². The van der Waals surface area contributed by atoms with Crippen molar-refractivity contribution in [2.45, 2.75) is 13.0 Å². The fraction of sp³-hybridized carbons (Fsp3) is 0.400. The van der Waals surface area contributed by atoms with Crippen molar-refractivity contribution in [2.75, 3.05) is 18.0 Å². The molecule has 5 heteroatoms. The van der Waals surface area contributed by atoms with Gasteiger partial charge < -0.3 is 5.73 Å². The lowest BCUT2D eigenvalue weighted by molar-refractivity contribution is 0.440. The average molecular weight is 226 g/mol. The second-order valence-electron chi connectivity index (χ2n) is 3.75. The molecular formula is C10H14N2O2S. The zero-order valence-electron chi connectivity index (χ0n) is 8.39. The molecule has 1 aliphatic rings. The maximum Gasteiger partial charge on any atom is 0.214 e. The Kier molecular flexibility index (Phi) is 2.67. The van der Waals surface area contributed by atoms with E-state index < -0.39 is 10.0 Å². The predicted octanol–water partition coefficient (Wildman–Crippen LogP) is 0.804. The van der Waals surface area contributed by atoms with E-state index in [2.05, 4.69) is 0 Å². The number of nitrogens with zero attached hydrogens (tertiary/aromatic N) is 1. The third-order valence-electron chi connectivity index (χ3n) is 2.51. The molecule has 2 N–H and O–H groups in total. The molecular weight excluding hydrogens is 212 g/mol. The lowest BCUT2D eigenvalue weighted by Gasteiger charge is -2.14. The summed E-state index contributed by atoms with van der Waals surface area (Å²) in [6, 6.07) is 7.34. The third-order valence-corrected chi connectivity index (χ3v) is 4.42.